The van der Waals surface area contributed by atoms with Gasteiger partial charge in [0.25, 0.3) is 0 Å². The van der Waals surface area contributed by atoms with Gasteiger partial charge in [-0.05, 0) is 59.6 Å². The maximum atomic E-state index is 13.1. The van der Waals surface area contributed by atoms with Crippen molar-refractivity contribution in [3.63, 3.8) is 0 Å². The number of hydrogen-bond acceptors (Lipinski definition) is 2. The first-order valence-corrected chi connectivity index (χ1v) is 6.62. The number of hydrogen-bond donors (Lipinski definition) is 1. The molecule has 4 heteroatoms. The van der Waals surface area contributed by atoms with Crippen molar-refractivity contribution in [2.75, 3.05) is 0 Å². The molecule has 2 aromatic rings. The minimum absolute atomic E-state index is 0.0552. The summed E-state index contributed by atoms with van der Waals surface area (Å²) in [6.07, 6.45) is 0. The van der Waals surface area contributed by atoms with Crippen LogP contribution in [0.3, 0.4) is 0 Å². The van der Waals surface area contributed by atoms with Gasteiger partial charge in [-0.3, -0.25) is 0 Å². The molecular weight excluding hydrogens is 297 g/mol. The van der Waals surface area contributed by atoms with Crippen LogP contribution in [0.5, 0.6) is 0 Å². The van der Waals surface area contributed by atoms with E-state index in [1.165, 1.54) is 6.07 Å². The highest BCUT2D eigenvalue weighted by atomic mass is 79.9. The fraction of sp³-hybridized carbons (Fsp3) is 0.286. The predicted molar refractivity (Wildman–Crippen MR) is 72.8 cm³/mol. The van der Waals surface area contributed by atoms with Gasteiger partial charge in [-0.25, -0.2) is 4.39 Å². The average Bonchev–Trinajstić information content (AvgIpc) is 2.76. The maximum absolute atomic E-state index is 13.1. The molecule has 2 rings (SSSR count). The van der Waals surface area contributed by atoms with Gasteiger partial charge in [0, 0.05) is 6.04 Å². The molecule has 1 heterocycles. The Labute approximate surface area is 114 Å². The molecule has 0 radical (unpaired) electrons. The summed E-state index contributed by atoms with van der Waals surface area (Å²) in [7, 11) is 0. The smallest absolute Gasteiger partial charge is 0.169 e. The van der Waals surface area contributed by atoms with Crippen LogP contribution in [0.25, 0.3) is 0 Å². The van der Waals surface area contributed by atoms with E-state index in [9.17, 15) is 4.39 Å². The molecule has 0 aliphatic carbocycles. The fourth-order valence-electron chi connectivity index (χ4n) is 1.89. The second kappa shape index (κ2) is 5.67. The van der Waals surface area contributed by atoms with Gasteiger partial charge in [0.15, 0.2) is 4.67 Å². The number of furan rings is 1. The summed E-state index contributed by atoms with van der Waals surface area (Å²) in [6, 6.07) is 10.5. The zero-order chi connectivity index (χ0) is 13.1. The lowest BCUT2D eigenvalue weighted by atomic mass is 10.1. The molecule has 2 nitrogen and oxygen atoms in total. The molecule has 18 heavy (non-hydrogen) atoms. The zero-order valence-electron chi connectivity index (χ0n) is 10.3. The van der Waals surface area contributed by atoms with Crippen LogP contribution in [0.4, 0.5) is 4.39 Å². The van der Waals surface area contributed by atoms with Crippen molar-refractivity contribution in [2.24, 2.45) is 0 Å². The van der Waals surface area contributed by atoms with Gasteiger partial charge in [-0.1, -0.05) is 12.1 Å². The summed E-state index contributed by atoms with van der Waals surface area (Å²) < 4.78 is 19.3. The predicted octanol–water partition coefficient (Wildman–Crippen LogP) is 4.59. The number of rotatable bonds is 4. The average molecular weight is 312 g/mol. The summed E-state index contributed by atoms with van der Waals surface area (Å²) in [5, 5.41) is 3.37. The highest BCUT2D eigenvalue weighted by Gasteiger charge is 2.14. The molecule has 1 aromatic heterocycles. The second-order valence-electron chi connectivity index (χ2n) is 4.31. The van der Waals surface area contributed by atoms with E-state index in [0.29, 0.717) is 4.67 Å². The van der Waals surface area contributed by atoms with Crippen molar-refractivity contribution >= 4 is 15.9 Å². The second-order valence-corrected chi connectivity index (χ2v) is 5.09. The molecular formula is C14H15BrFNO. The fourth-order valence-corrected chi connectivity index (χ4v) is 2.21. The van der Waals surface area contributed by atoms with Crippen molar-refractivity contribution in [1.29, 1.82) is 0 Å². The molecule has 1 N–H and O–H groups in total. The monoisotopic (exact) mass is 311 g/mol. The van der Waals surface area contributed by atoms with Crippen LogP contribution in [0.15, 0.2) is 45.5 Å². The highest BCUT2D eigenvalue weighted by Crippen LogP contribution is 2.23. The Balaban J connectivity index is 2.05. The first-order chi connectivity index (χ1) is 8.56. The van der Waals surface area contributed by atoms with E-state index < -0.39 is 0 Å². The molecule has 0 saturated heterocycles. The maximum Gasteiger partial charge on any atom is 0.169 e. The van der Waals surface area contributed by atoms with Crippen LogP contribution in [0.1, 0.15) is 37.3 Å². The van der Waals surface area contributed by atoms with E-state index in [4.69, 9.17) is 4.42 Å². The largest absolute Gasteiger partial charge is 0.453 e. The van der Waals surface area contributed by atoms with E-state index in [1.54, 1.807) is 12.1 Å². The lowest BCUT2D eigenvalue weighted by Gasteiger charge is -2.18. The van der Waals surface area contributed by atoms with E-state index in [-0.39, 0.29) is 17.9 Å². The first-order valence-electron chi connectivity index (χ1n) is 5.83. The molecule has 0 spiro atoms. The summed E-state index contributed by atoms with van der Waals surface area (Å²) in [6.45, 7) is 4.02. The van der Waals surface area contributed by atoms with Crippen LogP contribution < -0.4 is 5.32 Å². The molecule has 1 aromatic carbocycles. The molecule has 0 fully saturated rings. The molecule has 0 amide bonds. The Morgan fingerprint density at radius 3 is 2.56 bits per heavy atom. The molecule has 2 atom stereocenters. The van der Waals surface area contributed by atoms with Crippen LogP contribution in [-0.4, -0.2) is 0 Å². The third-order valence-electron chi connectivity index (χ3n) is 2.87. The van der Waals surface area contributed by atoms with Crippen LogP contribution >= 0.6 is 15.9 Å². The van der Waals surface area contributed by atoms with Crippen LogP contribution in [-0.2, 0) is 0 Å². The van der Waals surface area contributed by atoms with E-state index in [2.05, 4.69) is 21.2 Å². The van der Waals surface area contributed by atoms with Gasteiger partial charge in [-0.15, -0.1) is 0 Å². The first kappa shape index (κ1) is 13.3. The van der Waals surface area contributed by atoms with Gasteiger partial charge in [0.05, 0.1) is 6.04 Å². The third-order valence-corrected chi connectivity index (χ3v) is 3.30. The lowest BCUT2D eigenvalue weighted by molar-refractivity contribution is 0.393. The Kier molecular flexibility index (Phi) is 4.19. The molecule has 0 saturated carbocycles. The topological polar surface area (TPSA) is 25.2 Å². The molecule has 0 aliphatic heterocycles. The van der Waals surface area contributed by atoms with Crippen molar-refractivity contribution in [3.05, 3.63) is 58.2 Å². The van der Waals surface area contributed by atoms with Gasteiger partial charge < -0.3 is 9.73 Å². The van der Waals surface area contributed by atoms with Crippen molar-refractivity contribution < 1.29 is 8.81 Å². The summed E-state index contributed by atoms with van der Waals surface area (Å²) in [5.41, 5.74) is 0.924. The van der Waals surface area contributed by atoms with Crippen molar-refractivity contribution in [1.82, 2.24) is 5.32 Å². The molecule has 0 aliphatic rings. The molecule has 96 valence electrons. The van der Waals surface area contributed by atoms with Crippen LogP contribution in [0.2, 0.25) is 0 Å². The van der Waals surface area contributed by atoms with E-state index >= 15 is 0 Å². The SMILES string of the molecule is CC(N[C@@H](C)c1cccc(F)c1)c1ccc(Br)o1. The summed E-state index contributed by atoms with van der Waals surface area (Å²) in [4.78, 5) is 0. The van der Waals surface area contributed by atoms with Crippen LogP contribution in [0, 0.1) is 5.82 Å². The highest BCUT2D eigenvalue weighted by molar-refractivity contribution is 9.10. The summed E-state index contributed by atoms with van der Waals surface area (Å²) >= 11 is 3.28. The normalized spacial score (nSPS) is 14.4. The zero-order valence-corrected chi connectivity index (χ0v) is 11.9. The Bertz CT molecular complexity index is 526. The quantitative estimate of drug-likeness (QED) is 0.893. The van der Waals surface area contributed by atoms with Gasteiger partial charge in [0.2, 0.25) is 0 Å². The van der Waals surface area contributed by atoms with E-state index in [1.807, 2.05) is 32.0 Å². The Morgan fingerprint density at radius 1 is 1.17 bits per heavy atom. The van der Waals surface area contributed by atoms with Gasteiger partial charge in [0.1, 0.15) is 11.6 Å². The van der Waals surface area contributed by atoms with Gasteiger partial charge >= 0.3 is 0 Å². The number of nitrogens with one attached hydrogen (secondary N) is 1. The van der Waals surface area contributed by atoms with Crippen molar-refractivity contribution in [2.45, 2.75) is 25.9 Å². The molecule has 1 unspecified atom stereocenters. The standard InChI is InChI=1S/C14H15BrFNO/c1-9(11-4-3-5-12(16)8-11)17-10(2)13-6-7-14(15)18-13/h3-10,17H,1-2H3/t9-,10?/m0/s1. The van der Waals surface area contributed by atoms with E-state index in [0.717, 1.165) is 11.3 Å². The summed E-state index contributed by atoms with van der Waals surface area (Å²) in [5.74, 6) is 0.639. The lowest BCUT2D eigenvalue weighted by Crippen LogP contribution is -2.22. The Morgan fingerprint density at radius 2 is 1.94 bits per heavy atom. The minimum Gasteiger partial charge on any atom is -0.453 e. The number of benzene rings is 1. The van der Waals surface area contributed by atoms with Gasteiger partial charge in [-0.2, -0.15) is 0 Å². The third kappa shape index (κ3) is 3.21. The Hall–Kier alpha value is -1.13. The molecule has 0 bridgehead atoms. The minimum atomic E-state index is -0.213. The van der Waals surface area contributed by atoms with Crippen molar-refractivity contribution in [3.8, 4) is 0 Å². The number of halogens is 2.